The van der Waals surface area contributed by atoms with Gasteiger partial charge in [0, 0.05) is 22.6 Å². The fourth-order valence-electron chi connectivity index (χ4n) is 2.63. The molecule has 5 nitrogen and oxygen atoms in total. The van der Waals surface area contributed by atoms with Crippen LogP contribution in [0.1, 0.15) is 22.1 Å². The number of carbonyl (C=O) groups excluding carboxylic acids is 1. The number of nitrogens with zero attached hydrogens (tertiary/aromatic N) is 3. The van der Waals surface area contributed by atoms with E-state index in [4.69, 9.17) is 11.6 Å². The number of aliphatic hydroxyl groups excluding tert-OH is 1. The summed E-state index contributed by atoms with van der Waals surface area (Å²) >= 11 is 5.04. The molecule has 3 heterocycles. The summed E-state index contributed by atoms with van der Waals surface area (Å²) in [5.74, 6) is 0.0822. The van der Waals surface area contributed by atoms with Crippen molar-refractivity contribution in [1.29, 1.82) is 0 Å². The van der Waals surface area contributed by atoms with Crippen LogP contribution in [-0.4, -0.2) is 21.0 Å². The van der Waals surface area contributed by atoms with Gasteiger partial charge in [-0.25, -0.2) is 4.98 Å². The summed E-state index contributed by atoms with van der Waals surface area (Å²) in [5.41, 5.74) is 1.53. The maximum absolute atomic E-state index is 12.5. The molecule has 1 atom stereocenters. The Balaban J connectivity index is 1.84. The second kappa shape index (κ2) is 4.76. The van der Waals surface area contributed by atoms with Crippen LogP contribution in [0.3, 0.4) is 0 Å². The third-order valence-electron chi connectivity index (χ3n) is 3.69. The molecule has 2 aromatic heterocycles. The second-order valence-electron chi connectivity index (χ2n) is 5.00. The minimum absolute atomic E-state index is 0.274. The number of hydrogen-bond donors (Lipinski definition) is 1. The molecular weight excluding hydrogens is 302 g/mol. The van der Waals surface area contributed by atoms with Crippen molar-refractivity contribution in [2.24, 2.45) is 0 Å². The monoisotopic (exact) mass is 312 g/mol. The predicted octanol–water partition coefficient (Wildman–Crippen LogP) is 1.98. The van der Waals surface area contributed by atoms with Crippen LogP contribution in [-0.2, 0) is 0 Å². The number of pyridine rings is 2. The SMILES string of the molecule is O=C1c2ccccc2C(O)N1c1ccc2ccc([ClH+])nc2n1. The fraction of sp³-hybridized carbons (Fsp3) is 0.0625. The third kappa shape index (κ3) is 1.87. The number of carbonyl (C=O) groups is 1. The molecule has 108 valence electrons. The molecule has 1 aliphatic heterocycles. The molecule has 0 saturated heterocycles. The summed E-state index contributed by atoms with van der Waals surface area (Å²) < 4.78 is 0. The van der Waals surface area contributed by atoms with Crippen molar-refractivity contribution in [2.75, 3.05) is 4.90 Å². The number of aliphatic hydroxyl groups is 1. The lowest BCUT2D eigenvalue weighted by Gasteiger charge is -2.19. The number of amides is 1. The Bertz CT molecular complexity index is 913. The van der Waals surface area contributed by atoms with Crippen molar-refractivity contribution in [3.63, 3.8) is 0 Å². The highest BCUT2D eigenvalue weighted by Crippen LogP contribution is 2.35. The Morgan fingerprint density at radius 2 is 1.82 bits per heavy atom. The van der Waals surface area contributed by atoms with E-state index in [9.17, 15) is 9.90 Å². The Hall–Kier alpha value is -2.50. The number of rotatable bonds is 1. The molecule has 1 N–H and O–H groups in total. The average molecular weight is 313 g/mol. The first-order valence-corrected chi connectivity index (χ1v) is 7.11. The van der Waals surface area contributed by atoms with Crippen molar-refractivity contribution in [3.8, 4) is 0 Å². The molecule has 3 aromatic rings. The van der Waals surface area contributed by atoms with Crippen LogP contribution >= 0.6 is 0 Å². The Morgan fingerprint density at radius 1 is 1.05 bits per heavy atom. The smallest absolute Gasteiger partial charge is 0.320 e. The van der Waals surface area contributed by atoms with Gasteiger partial charge < -0.3 is 5.11 Å². The molecule has 0 radical (unpaired) electrons. The van der Waals surface area contributed by atoms with E-state index in [0.717, 1.165) is 5.39 Å². The second-order valence-corrected chi connectivity index (χ2v) is 5.42. The molecule has 1 aromatic carbocycles. The zero-order valence-corrected chi connectivity index (χ0v) is 12.1. The first-order chi connectivity index (χ1) is 10.6. The first kappa shape index (κ1) is 13.2. The summed E-state index contributed by atoms with van der Waals surface area (Å²) in [5, 5.41) is 11.7. The average Bonchev–Trinajstić information content (AvgIpc) is 2.79. The maximum Gasteiger partial charge on any atom is 0.320 e. The molecule has 0 saturated carbocycles. The molecule has 22 heavy (non-hydrogen) atoms. The molecule has 1 amide bonds. The van der Waals surface area contributed by atoms with Gasteiger partial charge in [0.2, 0.25) is 0 Å². The maximum atomic E-state index is 12.5. The van der Waals surface area contributed by atoms with E-state index in [2.05, 4.69) is 9.97 Å². The molecule has 1 unspecified atom stereocenters. The molecular formula is C16H11ClN3O2+. The lowest BCUT2D eigenvalue weighted by molar-refractivity contribution is -0.296. The highest BCUT2D eigenvalue weighted by Gasteiger charge is 2.37. The largest absolute Gasteiger partial charge is 0.369 e. The van der Waals surface area contributed by atoms with E-state index in [-0.39, 0.29) is 5.91 Å². The Labute approximate surface area is 130 Å². The number of aromatic nitrogens is 2. The van der Waals surface area contributed by atoms with Gasteiger partial charge in [-0.05, 0) is 24.3 Å². The van der Waals surface area contributed by atoms with Gasteiger partial charge in [-0.2, -0.15) is 4.98 Å². The van der Waals surface area contributed by atoms with Gasteiger partial charge in [-0.15, -0.1) is 0 Å². The van der Waals surface area contributed by atoms with Crippen LogP contribution in [0.2, 0.25) is 5.15 Å². The summed E-state index contributed by atoms with van der Waals surface area (Å²) in [6, 6.07) is 14.1. The van der Waals surface area contributed by atoms with Crippen molar-refractivity contribution in [2.45, 2.75) is 6.23 Å². The minimum Gasteiger partial charge on any atom is -0.369 e. The van der Waals surface area contributed by atoms with E-state index < -0.39 is 6.23 Å². The van der Waals surface area contributed by atoms with Crippen molar-refractivity contribution < 1.29 is 21.5 Å². The standard InChI is InChI=1S/C16H11ClN3O2/c17-12-7-5-9-6-8-13(19-14(9)18-12)20-15(21)10-3-1-2-4-11(10)16(20)22/h1-8,15,17,21H/q+1. The van der Waals surface area contributed by atoms with Crippen molar-refractivity contribution in [1.82, 2.24) is 9.97 Å². The lowest BCUT2D eigenvalue weighted by Crippen LogP contribution is -2.28. The molecule has 0 spiro atoms. The first-order valence-electron chi connectivity index (χ1n) is 6.70. The fourth-order valence-corrected chi connectivity index (χ4v) is 2.79. The minimum atomic E-state index is -1.04. The number of fused-ring (bicyclic) bond motifs is 2. The van der Waals surface area contributed by atoms with Gasteiger partial charge >= 0.3 is 5.15 Å². The Morgan fingerprint density at radius 3 is 2.64 bits per heavy atom. The van der Waals surface area contributed by atoms with Crippen molar-refractivity contribution >= 4 is 22.8 Å². The van der Waals surface area contributed by atoms with Crippen LogP contribution in [0.15, 0.2) is 48.5 Å². The van der Waals surface area contributed by atoms with Crippen LogP contribution < -0.4 is 4.90 Å². The number of halogens is 1. The summed E-state index contributed by atoms with van der Waals surface area (Å²) in [4.78, 5) is 22.3. The quantitative estimate of drug-likeness (QED) is 0.698. The predicted molar refractivity (Wildman–Crippen MR) is 78.3 cm³/mol. The van der Waals surface area contributed by atoms with E-state index in [1.165, 1.54) is 4.90 Å². The van der Waals surface area contributed by atoms with E-state index in [1.54, 1.807) is 36.4 Å². The lowest BCUT2D eigenvalue weighted by atomic mass is 10.1. The summed E-state index contributed by atoms with van der Waals surface area (Å²) in [7, 11) is 0. The van der Waals surface area contributed by atoms with Gasteiger partial charge in [0.05, 0.1) is 0 Å². The van der Waals surface area contributed by atoms with Gasteiger partial charge in [0.15, 0.2) is 23.5 Å². The molecule has 4 rings (SSSR count). The normalized spacial score (nSPS) is 17.1. The summed E-state index contributed by atoms with van der Waals surface area (Å²) in [6.07, 6.45) is -1.04. The van der Waals surface area contributed by atoms with Gasteiger partial charge in [-0.3, -0.25) is 9.69 Å². The van der Waals surface area contributed by atoms with Crippen molar-refractivity contribution in [3.05, 3.63) is 64.8 Å². The highest BCUT2D eigenvalue weighted by molar-refractivity contribution is 6.10. The molecule has 6 heteroatoms. The van der Waals surface area contributed by atoms with Gasteiger partial charge in [0.1, 0.15) is 5.82 Å². The topological polar surface area (TPSA) is 66.3 Å². The third-order valence-corrected chi connectivity index (χ3v) is 3.92. The number of benzene rings is 1. The van der Waals surface area contributed by atoms with Crippen LogP contribution in [0.4, 0.5) is 5.82 Å². The van der Waals surface area contributed by atoms with Gasteiger partial charge in [0.25, 0.3) is 5.91 Å². The molecule has 1 aliphatic rings. The summed E-state index contributed by atoms with van der Waals surface area (Å²) in [6.45, 7) is 0. The highest BCUT2D eigenvalue weighted by atomic mass is 35.5. The van der Waals surface area contributed by atoms with Gasteiger partial charge in [-0.1, -0.05) is 18.2 Å². The molecule has 0 bridgehead atoms. The molecule has 0 aliphatic carbocycles. The number of hydrogen-bond acceptors (Lipinski definition) is 4. The zero-order chi connectivity index (χ0) is 15.3. The van der Waals surface area contributed by atoms with Crippen LogP contribution in [0.5, 0.6) is 0 Å². The molecule has 0 fully saturated rings. The van der Waals surface area contributed by atoms with Crippen LogP contribution in [0.25, 0.3) is 11.0 Å². The Kier molecular flexibility index (Phi) is 2.85. The zero-order valence-electron chi connectivity index (χ0n) is 11.3. The number of anilines is 1. The van der Waals surface area contributed by atoms with E-state index >= 15 is 0 Å². The van der Waals surface area contributed by atoms with Crippen LogP contribution in [0, 0.1) is 11.6 Å². The van der Waals surface area contributed by atoms with E-state index in [0.29, 0.717) is 27.7 Å². The van der Waals surface area contributed by atoms with E-state index in [1.807, 2.05) is 12.1 Å².